The highest BCUT2D eigenvalue weighted by atomic mass is 32.1. The zero-order valence-electron chi connectivity index (χ0n) is 13.7. The molecule has 0 saturated carbocycles. The van der Waals surface area contributed by atoms with Gasteiger partial charge in [-0.15, -0.1) is 11.3 Å². The molecule has 6 heteroatoms. The van der Waals surface area contributed by atoms with E-state index in [1.807, 2.05) is 56.5 Å². The van der Waals surface area contributed by atoms with Gasteiger partial charge in [0.1, 0.15) is 10.6 Å². The Kier molecular flexibility index (Phi) is 6.12. The van der Waals surface area contributed by atoms with Crippen LogP contribution in [0.5, 0.6) is 0 Å². The lowest BCUT2D eigenvalue weighted by molar-refractivity contribution is 0.0503. The van der Waals surface area contributed by atoms with Crippen molar-refractivity contribution in [3.63, 3.8) is 0 Å². The number of hydrogen-bond donors (Lipinski definition) is 2. The van der Waals surface area contributed by atoms with Gasteiger partial charge in [0.2, 0.25) is 0 Å². The maximum Gasteiger partial charge on any atom is 0.408 e. The molecule has 1 amide bonds. The largest absolute Gasteiger partial charge is 0.444 e. The monoisotopic (exact) mass is 333 g/mol. The van der Waals surface area contributed by atoms with Gasteiger partial charge in [-0.05, 0) is 26.3 Å². The van der Waals surface area contributed by atoms with Gasteiger partial charge in [0.25, 0.3) is 0 Å². The summed E-state index contributed by atoms with van der Waals surface area (Å²) in [6.07, 6.45) is 1.37. The third kappa shape index (κ3) is 6.38. The number of benzene rings is 1. The lowest BCUT2D eigenvalue weighted by atomic mass is 10.1. The molecule has 2 rings (SSSR count). The molecule has 23 heavy (non-hydrogen) atoms. The summed E-state index contributed by atoms with van der Waals surface area (Å²) >= 11 is 1.61. The number of nitrogens with zero attached hydrogens (tertiary/aromatic N) is 1. The smallest absolute Gasteiger partial charge is 0.408 e. The van der Waals surface area contributed by atoms with Crippen molar-refractivity contribution < 1.29 is 9.53 Å². The average Bonchev–Trinajstić information content (AvgIpc) is 2.98. The number of carbonyl (C=O) groups is 1. The Balaban J connectivity index is 1.96. The summed E-state index contributed by atoms with van der Waals surface area (Å²) in [4.78, 5) is 16.3. The van der Waals surface area contributed by atoms with Crippen molar-refractivity contribution in [1.82, 2.24) is 15.6 Å². The Morgan fingerprint density at radius 2 is 2.04 bits per heavy atom. The van der Waals surface area contributed by atoms with Crippen LogP contribution in [0.25, 0.3) is 0 Å². The van der Waals surface area contributed by atoms with Gasteiger partial charge in [-0.1, -0.05) is 30.3 Å². The lowest BCUT2D eigenvalue weighted by Gasteiger charge is -2.24. The second-order valence-electron chi connectivity index (χ2n) is 6.17. The summed E-state index contributed by atoms with van der Waals surface area (Å²) in [6.45, 7) is 6.83. The molecular formula is C17H23N3O2S. The van der Waals surface area contributed by atoms with Crippen molar-refractivity contribution in [3.05, 3.63) is 52.5 Å². The van der Waals surface area contributed by atoms with E-state index in [4.69, 9.17) is 4.74 Å². The third-order valence-corrected chi connectivity index (χ3v) is 3.78. The zero-order valence-corrected chi connectivity index (χ0v) is 14.5. The quantitative estimate of drug-likeness (QED) is 0.849. The first-order chi connectivity index (χ1) is 10.9. The Labute approximate surface area is 141 Å². The van der Waals surface area contributed by atoms with Crippen molar-refractivity contribution in [2.45, 2.75) is 39.0 Å². The van der Waals surface area contributed by atoms with Crippen LogP contribution < -0.4 is 10.6 Å². The van der Waals surface area contributed by atoms with Crippen LogP contribution in [0.1, 0.15) is 37.4 Å². The van der Waals surface area contributed by atoms with E-state index < -0.39 is 11.7 Å². The van der Waals surface area contributed by atoms with Crippen LogP contribution in [-0.4, -0.2) is 23.2 Å². The Morgan fingerprint density at radius 3 is 2.65 bits per heavy atom. The number of hydrogen-bond acceptors (Lipinski definition) is 5. The lowest BCUT2D eigenvalue weighted by Crippen LogP contribution is -2.39. The van der Waals surface area contributed by atoms with Crippen LogP contribution >= 0.6 is 11.3 Å². The fraction of sp³-hybridized carbons (Fsp3) is 0.412. The molecule has 124 valence electrons. The fourth-order valence-corrected chi connectivity index (χ4v) is 2.64. The van der Waals surface area contributed by atoms with Crippen molar-refractivity contribution in [1.29, 1.82) is 0 Å². The van der Waals surface area contributed by atoms with Crippen LogP contribution in [0.3, 0.4) is 0 Å². The van der Waals surface area contributed by atoms with Gasteiger partial charge in [-0.2, -0.15) is 0 Å². The van der Waals surface area contributed by atoms with Crippen LogP contribution in [0.4, 0.5) is 4.79 Å². The van der Waals surface area contributed by atoms with E-state index in [9.17, 15) is 4.79 Å². The number of alkyl carbamates (subject to hydrolysis) is 1. The van der Waals surface area contributed by atoms with Crippen LogP contribution in [-0.2, 0) is 11.3 Å². The molecular weight excluding hydrogens is 310 g/mol. The molecule has 2 N–H and O–H groups in total. The number of rotatable bonds is 6. The van der Waals surface area contributed by atoms with E-state index in [1.165, 1.54) is 0 Å². The highest BCUT2D eigenvalue weighted by Crippen LogP contribution is 2.14. The van der Waals surface area contributed by atoms with E-state index >= 15 is 0 Å². The second-order valence-corrected chi connectivity index (χ2v) is 7.15. The molecule has 0 spiro atoms. The van der Waals surface area contributed by atoms with Crippen molar-refractivity contribution in [3.8, 4) is 0 Å². The van der Waals surface area contributed by atoms with Gasteiger partial charge in [0.05, 0.1) is 6.04 Å². The highest BCUT2D eigenvalue weighted by molar-refractivity contribution is 7.09. The maximum atomic E-state index is 12.1. The zero-order chi connectivity index (χ0) is 16.7. The molecule has 0 aliphatic rings. The molecule has 1 atom stereocenters. The molecule has 0 aliphatic heterocycles. The summed E-state index contributed by atoms with van der Waals surface area (Å²) in [6, 6.07) is 9.70. The van der Waals surface area contributed by atoms with E-state index in [0.717, 1.165) is 10.6 Å². The number of aromatic nitrogens is 1. The second kappa shape index (κ2) is 8.08. The number of thiazole rings is 1. The minimum Gasteiger partial charge on any atom is -0.444 e. The molecule has 0 bridgehead atoms. The molecule has 0 aliphatic carbocycles. The molecule has 5 nitrogen and oxygen atoms in total. The minimum absolute atomic E-state index is 0.161. The summed E-state index contributed by atoms with van der Waals surface area (Å²) in [5.74, 6) is 0. The van der Waals surface area contributed by atoms with Crippen molar-refractivity contribution >= 4 is 17.4 Å². The van der Waals surface area contributed by atoms with Crippen molar-refractivity contribution in [2.24, 2.45) is 0 Å². The molecule has 0 saturated heterocycles. The molecule has 0 radical (unpaired) electrons. The fourth-order valence-electron chi connectivity index (χ4n) is 2.05. The van der Waals surface area contributed by atoms with Crippen molar-refractivity contribution in [2.75, 3.05) is 6.54 Å². The third-order valence-electron chi connectivity index (χ3n) is 3.00. The first-order valence-electron chi connectivity index (χ1n) is 7.57. The predicted octanol–water partition coefficient (Wildman–Crippen LogP) is 3.50. The molecule has 0 fully saturated rings. The van der Waals surface area contributed by atoms with Gasteiger partial charge in [0, 0.05) is 24.7 Å². The Bertz CT molecular complexity index is 594. The summed E-state index contributed by atoms with van der Waals surface area (Å²) in [7, 11) is 0. The highest BCUT2D eigenvalue weighted by Gasteiger charge is 2.20. The van der Waals surface area contributed by atoms with Gasteiger partial charge in [-0.3, -0.25) is 0 Å². The molecule has 1 heterocycles. The molecule has 2 aromatic rings. The first-order valence-corrected chi connectivity index (χ1v) is 8.45. The van der Waals surface area contributed by atoms with Gasteiger partial charge >= 0.3 is 6.09 Å². The van der Waals surface area contributed by atoms with Gasteiger partial charge in [-0.25, -0.2) is 9.78 Å². The SMILES string of the molecule is CC(C)(C)OC(=O)NC(CNCc1nccs1)c1ccccc1. The molecule has 1 aromatic heterocycles. The van der Waals surface area contributed by atoms with Gasteiger partial charge < -0.3 is 15.4 Å². The number of carbonyl (C=O) groups excluding carboxylic acids is 1. The first kappa shape index (κ1) is 17.4. The Hall–Kier alpha value is -1.92. The van der Waals surface area contributed by atoms with Crippen LogP contribution in [0.15, 0.2) is 41.9 Å². The van der Waals surface area contributed by atoms with Crippen LogP contribution in [0, 0.1) is 0 Å². The number of nitrogens with one attached hydrogen (secondary N) is 2. The van der Waals surface area contributed by atoms with E-state index in [0.29, 0.717) is 13.1 Å². The Morgan fingerprint density at radius 1 is 1.30 bits per heavy atom. The predicted molar refractivity (Wildman–Crippen MR) is 92.4 cm³/mol. The molecule has 1 aromatic carbocycles. The summed E-state index contributed by atoms with van der Waals surface area (Å²) in [5.41, 5.74) is 0.518. The average molecular weight is 333 g/mol. The summed E-state index contributed by atoms with van der Waals surface area (Å²) in [5, 5.41) is 9.23. The van der Waals surface area contributed by atoms with Gasteiger partial charge in [0.15, 0.2) is 0 Å². The van der Waals surface area contributed by atoms with E-state index in [-0.39, 0.29) is 6.04 Å². The summed E-state index contributed by atoms with van der Waals surface area (Å²) < 4.78 is 5.35. The number of ether oxygens (including phenoxy) is 1. The normalized spacial score (nSPS) is 12.7. The van der Waals surface area contributed by atoms with Crippen LogP contribution in [0.2, 0.25) is 0 Å². The number of amides is 1. The standard InChI is InChI=1S/C17H23N3O2S/c1-17(2,3)22-16(21)20-14(13-7-5-4-6-8-13)11-18-12-15-19-9-10-23-15/h4-10,14,18H,11-12H2,1-3H3,(H,20,21). The van der Waals surface area contributed by atoms with E-state index in [1.54, 1.807) is 17.5 Å². The molecule has 1 unspecified atom stereocenters. The maximum absolute atomic E-state index is 12.1. The topological polar surface area (TPSA) is 63.2 Å². The minimum atomic E-state index is -0.514. The van der Waals surface area contributed by atoms with E-state index in [2.05, 4.69) is 15.6 Å².